The maximum Gasteiger partial charge on any atom is 0.0829 e. The SMILES string of the molecule is OC(c1cc(I)ccc1Br)C1CC1. The molecule has 0 bridgehead atoms. The molecule has 1 aliphatic carbocycles. The van der Waals surface area contributed by atoms with E-state index in [9.17, 15) is 5.11 Å². The summed E-state index contributed by atoms with van der Waals surface area (Å²) in [4.78, 5) is 0. The Bertz CT molecular complexity index is 323. The molecule has 0 aromatic heterocycles. The minimum absolute atomic E-state index is 0.274. The Hall–Kier alpha value is 0.390. The monoisotopic (exact) mass is 352 g/mol. The quantitative estimate of drug-likeness (QED) is 0.808. The molecule has 1 aromatic carbocycles. The van der Waals surface area contributed by atoms with E-state index in [1.54, 1.807) is 0 Å². The number of halogens is 2. The lowest BCUT2D eigenvalue weighted by Crippen LogP contribution is -2.00. The first-order valence-electron chi connectivity index (χ1n) is 4.31. The molecular formula is C10H10BrIO. The van der Waals surface area contributed by atoms with Crippen LogP contribution in [0, 0.1) is 9.49 Å². The van der Waals surface area contributed by atoms with Crippen molar-refractivity contribution in [2.24, 2.45) is 5.92 Å². The van der Waals surface area contributed by atoms with Gasteiger partial charge in [-0.1, -0.05) is 15.9 Å². The molecule has 70 valence electrons. The molecule has 0 aliphatic heterocycles. The van der Waals surface area contributed by atoms with Crippen LogP contribution < -0.4 is 0 Å². The molecule has 1 N–H and O–H groups in total. The molecule has 0 radical (unpaired) electrons. The van der Waals surface area contributed by atoms with E-state index in [1.165, 1.54) is 16.4 Å². The summed E-state index contributed by atoms with van der Waals surface area (Å²) in [5.41, 5.74) is 1.04. The topological polar surface area (TPSA) is 20.2 Å². The van der Waals surface area contributed by atoms with Gasteiger partial charge in [0.05, 0.1) is 6.10 Å². The summed E-state index contributed by atoms with van der Waals surface area (Å²) in [5, 5.41) is 9.93. The third kappa shape index (κ3) is 2.25. The summed E-state index contributed by atoms with van der Waals surface area (Å²) < 4.78 is 2.20. The van der Waals surface area contributed by atoms with Crippen LogP contribution in [-0.4, -0.2) is 5.11 Å². The van der Waals surface area contributed by atoms with Crippen molar-refractivity contribution in [3.05, 3.63) is 31.8 Å². The van der Waals surface area contributed by atoms with Crippen LogP contribution >= 0.6 is 38.5 Å². The van der Waals surface area contributed by atoms with E-state index in [-0.39, 0.29) is 6.10 Å². The molecular weight excluding hydrogens is 343 g/mol. The van der Waals surface area contributed by atoms with Crippen LogP contribution in [0.3, 0.4) is 0 Å². The third-order valence-corrected chi connectivity index (χ3v) is 3.74. The molecule has 0 spiro atoms. The summed E-state index contributed by atoms with van der Waals surface area (Å²) in [7, 11) is 0. The van der Waals surface area contributed by atoms with Crippen molar-refractivity contribution in [3.63, 3.8) is 0 Å². The Morgan fingerprint density at radius 2 is 2.15 bits per heavy atom. The van der Waals surface area contributed by atoms with Gasteiger partial charge < -0.3 is 5.11 Å². The molecule has 1 nitrogen and oxygen atoms in total. The summed E-state index contributed by atoms with van der Waals surface area (Å²) in [6, 6.07) is 6.09. The van der Waals surface area contributed by atoms with Gasteiger partial charge in [0.2, 0.25) is 0 Å². The van der Waals surface area contributed by atoms with Crippen molar-refractivity contribution in [2.45, 2.75) is 18.9 Å². The zero-order valence-electron chi connectivity index (χ0n) is 7.00. The van der Waals surface area contributed by atoms with E-state index in [4.69, 9.17) is 0 Å². The first-order valence-corrected chi connectivity index (χ1v) is 6.18. The van der Waals surface area contributed by atoms with Crippen LogP contribution in [0.25, 0.3) is 0 Å². The van der Waals surface area contributed by atoms with Crippen LogP contribution in [0.5, 0.6) is 0 Å². The van der Waals surface area contributed by atoms with Gasteiger partial charge in [-0.15, -0.1) is 0 Å². The van der Waals surface area contributed by atoms with Crippen molar-refractivity contribution in [1.29, 1.82) is 0 Å². The van der Waals surface area contributed by atoms with Crippen LogP contribution in [0.15, 0.2) is 22.7 Å². The molecule has 3 heteroatoms. The van der Waals surface area contributed by atoms with E-state index in [0.29, 0.717) is 5.92 Å². The lowest BCUT2D eigenvalue weighted by atomic mass is 10.1. The predicted octanol–water partition coefficient (Wildman–Crippen LogP) is 3.50. The Morgan fingerprint density at radius 3 is 2.77 bits per heavy atom. The van der Waals surface area contributed by atoms with Crippen LogP contribution in [0.1, 0.15) is 24.5 Å². The van der Waals surface area contributed by atoms with Crippen molar-refractivity contribution in [3.8, 4) is 0 Å². The van der Waals surface area contributed by atoms with Crippen LogP contribution in [0.2, 0.25) is 0 Å². The van der Waals surface area contributed by atoms with Gasteiger partial charge in [-0.25, -0.2) is 0 Å². The Balaban J connectivity index is 2.31. The maximum atomic E-state index is 9.93. The van der Waals surface area contributed by atoms with Crippen molar-refractivity contribution < 1.29 is 5.11 Å². The molecule has 1 unspecified atom stereocenters. The van der Waals surface area contributed by atoms with E-state index in [2.05, 4.69) is 38.5 Å². The molecule has 1 fully saturated rings. The minimum atomic E-state index is -0.274. The molecule has 0 heterocycles. The minimum Gasteiger partial charge on any atom is -0.388 e. The third-order valence-electron chi connectivity index (χ3n) is 2.35. The number of aliphatic hydroxyl groups is 1. The number of hydrogen-bond donors (Lipinski definition) is 1. The molecule has 13 heavy (non-hydrogen) atoms. The lowest BCUT2D eigenvalue weighted by molar-refractivity contribution is 0.153. The van der Waals surface area contributed by atoms with Gasteiger partial charge in [0.25, 0.3) is 0 Å². The maximum absolute atomic E-state index is 9.93. The highest BCUT2D eigenvalue weighted by Gasteiger charge is 2.31. The summed E-state index contributed by atoms with van der Waals surface area (Å²) >= 11 is 5.73. The molecule has 0 saturated heterocycles. The average molecular weight is 353 g/mol. The van der Waals surface area contributed by atoms with Crippen LogP contribution in [0.4, 0.5) is 0 Å². The molecule has 1 aromatic rings. The van der Waals surface area contributed by atoms with Gasteiger partial charge in [0.15, 0.2) is 0 Å². The number of rotatable bonds is 2. The lowest BCUT2D eigenvalue weighted by Gasteiger charge is -2.11. The molecule has 1 aliphatic rings. The average Bonchev–Trinajstić information content (AvgIpc) is 2.91. The Labute approximate surface area is 99.8 Å². The van der Waals surface area contributed by atoms with Crippen molar-refractivity contribution >= 4 is 38.5 Å². The van der Waals surface area contributed by atoms with Gasteiger partial charge in [0, 0.05) is 8.04 Å². The zero-order valence-corrected chi connectivity index (χ0v) is 10.7. The fourth-order valence-corrected chi connectivity index (χ4v) is 2.40. The summed E-state index contributed by atoms with van der Waals surface area (Å²) in [6.45, 7) is 0. The van der Waals surface area contributed by atoms with Gasteiger partial charge >= 0.3 is 0 Å². The molecule has 0 amide bonds. The highest BCUT2D eigenvalue weighted by molar-refractivity contribution is 14.1. The second-order valence-corrected chi connectivity index (χ2v) is 5.55. The zero-order chi connectivity index (χ0) is 9.42. The largest absolute Gasteiger partial charge is 0.388 e. The first-order chi connectivity index (χ1) is 6.18. The number of aliphatic hydroxyl groups excluding tert-OH is 1. The second-order valence-electron chi connectivity index (χ2n) is 3.45. The van der Waals surface area contributed by atoms with Gasteiger partial charge in [-0.2, -0.15) is 0 Å². The molecule has 1 saturated carbocycles. The standard InChI is InChI=1S/C10H10BrIO/c11-9-4-3-7(12)5-8(9)10(13)6-1-2-6/h3-6,10,13H,1-2H2. The Kier molecular flexibility index (Phi) is 2.95. The second kappa shape index (κ2) is 3.87. The van der Waals surface area contributed by atoms with E-state index in [1.807, 2.05) is 18.2 Å². The van der Waals surface area contributed by atoms with Gasteiger partial charge in [-0.3, -0.25) is 0 Å². The summed E-state index contributed by atoms with van der Waals surface area (Å²) in [6.07, 6.45) is 2.06. The van der Waals surface area contributed by atoms with E-state index in [0.717, 1.165) is 10.0 Å². The fraction of sp³-hybridized carbons (Fsp3) is 0.400. The van der Waals surface area contributed by atoms with Crippen LogP contribution in [-0.2, 0) is 0 Å². The highest BCUT2D eigenvalue weighted by atomic mass is 127. The van der Waals surface area contributed by atoms with Crippen molar-refractivity contribution in [1.82, 2.24) is 0 Å². The highest BCUT2D eigenvalue weighted by Crippen LogP contribution is 2.42. The smallest absolute Gasteiger partial charge is 0.0829 e. The summed E-state index contributed by atoms with van der Waals surface area (Å²) in [5.74, 6) is 0.495. The normalized spacial score (nSPS) is 18.7. The molecule has 1 atom stereocenters. The fourth-order valence-electron chi connectivity index (χ4n) is 1.41. The number of benzene rings is 1. The van der Waals surface area contributed by atoms with Gasteiger partial charge in [-0.05, 0) is 65.1 Å². The van der Waals surface area contributed by atoms with E-state index >= 15 is 0 Å². The number of hydrogen-bond acceptors (Lipinski definition) is 1. The first kappa shape index (κ1) is 9.93. The Morgan fingerprint density at radius 1 is 1.46 bits per heavy atom. The van der Waals surface area contributed by atoms with Crippen molar-refractivity contribution in [2.75, 3.05) is 0 Å². The van der Waals surface area contributed by atoms with E-state index < -0.39 is 0 Å². The predicted molar refractivity (Wildman–Crippen MR) is 64.5 cm³/mol. The molecule has 2 rings (SSSR count). The van der Waals surface area contributed by atoms with Gasteiger partial charge in [0.1, 0.15) is 0 Å².